The van der Waals surface area contributed by atoms with Crippen LogP contribution in [-0.4, -0.2) is 33.2 Å². The fourth-order valence-corrected chi connectivity index (χ4v) is 2.24. The van der Waals surface area contributed by atoms with Crippen molar-refractivity contribution in [2.24, 2.45) is 0 Å². The van der Waals surface area contributed by atoms with Crippen LogP contribution in [0.4, 0.5) is 0 Å². The van der Waals surface area contributed by atoms with Crippen molar-refractivity contribution < 1.29 is 4.74 Å². The first-order chi connectivity index (χ1) is 10.3. The minimum Gasteiger partial charge on any atom is -0.385 e. The van der Waals surface area contributed by atoms with Gasteiger partial charge < -0.3 is 4.74 Å². The summed E-state index contributed by atoms with van der Waals surface area (Å²) in [4.78, 5) is 23.6. The molecule has 1 aromatic carbocycles. The molecule has 3 rings (SSSR count). The average Bonchev–Trinajstić information content (AvgIpc) is 2.84. The second-order valence-corrected chi connectivity index (χ2v) is 4.72. The van der Waals surface area contributed by atoms with Crippen LogP contribution in [0.2, 0.25) is 0 Å². The van der Waals surface area contributed by atoms with Crippen LogP contribution in [0, 0.1) is 0 Å². The highest BCUT2D eigenvalue weighted by molar-refractivity contribution is 5.70. The third-order valence-corrected chi connectivity index (χ3v) is 3.28. The number of aromatic amines is 1. The normalized spacial score (nSPS) is 11.1. The number of ether oxygens (including phenoxy) is 1. The molecular formula is C15H16N4O2. The van der Waals surface area contributed by atoms with E-state index in [9.17, 15) is 4.79 Å². The molecule has 3 aromatic rings. The Balaban J connectivity index is 2.03. The van der Waals surface area contributed by atoms with Gasteiger partial charge in [0.1, 0.15) is 0 Å². The molecule has 0 unspecified atom stereocenters. The Morgan fingerprint density at radius 1 is 1.29 bits per heavy atom. The predicted molar refractivity (Wildman–Crippen MR) is 80.1 cm³/mol. The van der Waals surface area contributed by atoms with E-state index in [1.807, 2.05) is 30.3 Å². The Hall–Kier alpha value is -2.47. The highest BCUT2D eigenvalue weighted by Gasteiger charge is 2.10. The molecule has 0 saturated heterocycles. The largest absolute Gasteiger partial charge is 0.385 e. The molecule has 0 amide bonds. The summed E-state index contributed by atoms with van der Waals surface area (Å²) in [7, 11) is 1.64. The molecule has 0 atom stereocenters. The number of nitrogens with zero attached hydrogens (tertiary/aromatic N) is 3. The van der Waals surface area contributed by atoms with Gasteiger partial charge >= 0.3 is 5.69 Å². The van der Waals surface area contributed by atoms with Crippen LogP contribution in [0.3, 0.4) is 0 Å². The zero-order valence-corrected chi connectivity index (χ0v) is 11.7. The predicted octanol–water partition coefficient (Wildman–Crippen LogP) is 1.82. The summed E-state index contributed by atoms with van der Waals surface area (Å²) in [5.74, 6) is 0. The minimum atomic E-state index is -0.189. The maximum absolute atomic E-state index is 12.0. The van der Waals surface area contributed by atoms with E-state index in [2.05, 4.69) is 15.0 Å². The van der Waals surface area contributed by atoms with Crippen LogP contribution in [0.5, 0.6) is 0 Å². The molecule has 0 fully saturated rings. The van der Waals surface area contributed by atoms with E-state index in [0.29, 0.717) is 24.4 Å². The van der Waals surface area contributed by atoms with Crippen molar-refractivity contribution in [1.82, 2.24) is 19.5 Å². The molecule has 0 aliphatic carbocycles. The van der Waals surface area contributed by atoms with Gasteiger partial charge in [-0.15, -0.1) is 0 Å². The number of hydrogen-bond acceptors (Lipinski definition) is 4. The van der Waals surface area contributed by atoms with Crippen molar-refractivity contribution in [1.29, 1.82) is 0 Å². The summed E-state index contributed by atoms with van der Waals surface area (Å²) in [5, 5.41) is 0. The molecule has 21 heavy (non-hydrogen) atoms. The number of hydrogen-bond donors (Lipinski definition) is 1. The molecule has 0 spiro atoms. The van der Waals surface area contributed by atoms with Crippen LogP contribution in [0.15, 0.2) is 41.3 Å². The quantitative estimate of drug-likeness (QED) is 0.725. The number of aromatic nitrogens is 4. The van der Waals surface area contributed by atoms with E-state index in [1.54, 1.807) is 17.9 Å². The standard InChI is InChI=1S/C15H16N4O2/c1-21-9-5-8-19-14-13(18-15(19)20)16-10-12(17-14)11-6-3-2-4-7-11/h2-4,6-7,10H,5,8-9H2,1H3,(H,16,18,20). The molecule has 6 heteroatoms. The highest BCUT2D eigenvalue weighted by atomic mass is 16.5. The van der Waals surface area contributed by atoms with Gasteiger partial charge in [0, 0.05) is 25.8 Å². The smallest absolute Gasteiger partial charge is 0.328 e. The second kappa shape index (κ2) is 5.88. The van der Waals surface area contributed by atoms with E-state index >= 15 is 0 Å². The van der Waals surface area contributed by atoms with E-state index in [0.717, 1.165) is 17.7 Å². The van der Waals surface area contributed by atoms with Crippen LogP contribution >= 0.6 is 0 Å². The van der Waals surface area contributed by atoms with Crippen molar-refractivity contribution in [3.8, 4) is 11.3 Å². The first-order valence-corrected chi connectivity index (χ1v) is 6.79. The number of methoxy groups -OCH3 is 1. The Labute approximate surface area is 121 Å². The van der Waals surface area contributed by atoms with Crippen molar-refractivity contribution in [2.45, 2.75) is 13.0 Å². The van der Waals surface area contributed by atoms with Crippen LogP contribution in [0.1, 0.15) is 6.42 Å². The number of aryl methyl sites for hydroxylation is 1. The summed E-state index contributed by atoms with van der Waals surface area (Å²) in [6.45, 7) is 1.16. The fourth-order valence-electron chi connectivity index (χ4n) is 2.24. The summed E-state index contributed by atoms with van der Waals surface area (Å²) in [5.41, 5.74) is 2.63. The number of fused-ring (bicyclic) bond motifs is 1. The first kappa shape index (κ1) is 13.5. The van der Waals surface area contributed by atoms with E-state index in [-0.39, 0.29) is 5.69 Å². The van der Waals surface area contributed by atoms with Gasteiger partial charge in [-0.1, -0.05) is 30.3 Å². The Morgan fingerprint density at radius 2 is 2.10 bits per heavy atom. The third kappa shape index (κ3) is 2.71. The maximum atomic E-state index is 12.0. The average molecular weight is 284 g/mol. The molecular weight excluding hydrogens is 268 g/mol. The Bertz CT molecular complexity index is 792. The van der Waals surface area contributed by atoms with Gasteiger partial charge in [-0.25, -0.2) is 14.8 Å². The monoisotopic (exact) mass is 284 g/mol. The molecule has 0 bridgehead atoms. The number of imidazole rings is 1. The summed E-state index contributed by atoms with van der Waals surface area (Å²) >= 11 is 0. The topological polar surface area (TPSA) is 72.8 Å². The molecule has 1 N–H and O–H groups in total. The van der Waals surface area contributed by atoms with Crippen LogP contribution in [-0.2, 0) is 11.3 Å². The van der Waals surface area contributed by atoms with E-state index < -0.39 is 0 Å². The molecule has 6 nitrogen and oxygen atoms in total. The van der Waals surface area contributed by atoms with E-state index in [4.69, 9.17) is 4.74 Å². The zero-order valence-electron chi connectivity index (χ0n) is 11.7. The SMILES string of the molecule is COCCCn1c(=O)[nH]c2ncc(-c3ccccc3)nc21. The first-order valence-electron chi connectivity index (χ1n) is 6.79. The minimum absolute atomic E-state index is 0.189. The molecule has 0 saturated carbocycles. The Morgan fingerprint density at radius 3 is 2.86 bits per heavy atom. The molecule has 2 aromatic heterocycles. The van der Waals surface area contributed by atoms with Crippen molar-refractivity contribution in [2.75, 3.05) is 13.7 Å². The van der Waals surface area contributed by atoms with Crippen LogP contribution in [0.25, 0.3) is 22.6 Å². The van der Waals surface area contributed by atoms with Gasteiger partial charge in [-0.2, -0.15) is 0 Å². The van der Waals surface area contributed by atoms with E-state index in [1.165, 1.54) is 0 Å². The lowest BCUT2D eigenvalue weighted by atomic mass is 10.2. The summed E-state index contributed by atoms with van der Waals surface area (Å²) in [6, 6.07) is 9.78. The van der Waals surface area contributed by atoms with Crippen molar-refractivity contribution in [3.63, 3.8) is 0 Å². The number of H-pyrrole nitrogens is 1. The van der Waals surface area contributed by atoms with Crippen molar-refractivity contribution in [3.05, 3.63) is 47.0 Å². The highest BCUT2D eigenvalue weighted by Crippen LogP contribution is 2.17. The lowest BCUT2D eigenvalue weighted by Gasteiger charge is -2.04. The molecule has 108 valence electrons. The van der Waals surface area contributed by atoms with Crippen molar-refractivity contribution >= 4 is 11.3 Å². The molecule has 0 aliphatic rings. The van der Waals surface area contributed by atoms with Gasteiger partial charge in [0.25, 0.3) is 0 Å². The fraction of sp³-hybridized carbons (Fsp3) is 0.267. The zero-order chi connectivity index (χ0) is 14.7. The van der Waals surface area contributed by atoms with Gasteiger partial charge in [0.05, 0.1) is 11.9 Å². The van der Waals surface area contributed by atoms with Gasteiger partial charge in [-0.3, -0.25) is 9.55 Å². The molecule has 0 radical (unpaired) electrons. The third-order valence-electron chi connectivity index (χ3n) is 3.28. The van der Waals surface area contributed by atoms with Gasteiger partial charge in [-0.05, 0) is 6.42 Å². The number of rotatable bonds is 5. The second-order valence-electron chi connectivity index (χ2n) is 4.72. The Kier molecular flexibility index (Phi) is 3.79. The van der Waals surface area contributed by atoms with Gasteiger partial charge in [0.2, 0.25) is 0 Å². The maximum Gasteiger partial charge on any atom is 0.328 e. The van der Waals surface area contributed by atoms with Gasteiger partial charge in [0.15, 0.2) is 11.3 Å². The summed E-state index contributed by atoms with van der Waals surface area (Å²) < 4.78 is 6.63. The molecule has 0 aliphatic heterocycles. The lowest BCUT2D eigenvalue weighted by Crippen LogP contribution is -2.18. The summed E-state index contributed by atoms with van der Waals surface area (Å²) in [6.07, 6.45) is 2.42. The number of benzene rings is 1. The van der Waals surface area contributed by atoms with Crippen LogP contribution < -0.4 is 5.69 Å². The lowest BCUT2D eigenvalue weighted by molar-refractivity contribution is 0.190. The molecule has 2 heterocycles. The number of nitrogens with one attached hydrogen (secondary N) is 1.